The molecular weight excluding hydrogens is 436 g/mol. The number of carbonyl (C=O) groups excluding carboxylic acids is 1. The molecule has 1 aromatic carbocycles. The van der Waals surface area contributed by atoms with Crippen molar-refractivity contribution in [3.05, 3.63) is 46.3 Å². The van der Waals surface area contributed by atoms with Crippen molar-refractivity contribution in [2.45, 2.75) is 28.9 Å². The van der Waals surface area contributed by atoms with E-state index in [0.29, 0.717) is 35.2 Å². The maximum Gasteiger partial charge on any atom is 0.252 e. The number of thiophene rings is 1. The monoisotopic (exact) mass is 458 g/mol. The second kappa shape index (κ2) is 9.63. The zero-order valence-electron chi connectivity index (χ0n) is 15.6. The Morgan fingerprint density at radius 1 is 1.29 bits per heavy atom. The van der Waals surface area contributed by atoms with Crippen LogP contribution in [0.4, 0.5) is 0 Å². The number of sulfonamides is 1. The maximum atomic E-state index is 12.8. The third kappa shape index (κ3) is 5.51. The van der Waals surface area contributed by atoms with Gasteiger partial charge in [-0.05, 0) is 56.2 Å². The Labute approximate surface area is 179 Å². The summed E-state index contributed by atoms with van der Waals surface area (Å²) in [4.78, 5) is 14.6. The summed E-state index contributed by atoms with van der Waals surface area (Å²) in [6.45, 7) is 3.14. The fraction of sp³-hybridized carbons (Fsp3) is 0.421. The zero-order valence-corrected chi connectivity index (χ0v) is 18.8. The number of thioether (sulfide) groups is 1. The van der Waals surface area contributed by atoms with Crippen molar-refractivity contribution in [1.82, 2.24) is 9.62 Å². The molecule has 1 aliphatic heterocycles. The van der Waals surface area contributed by atoms with E-state index in [2.05, 4.69) is 5.32 Å². The van der Waals surface area contributed by atoms with Gasteiger partial charge < -0.3 is 5.32 Å². The van der Waals surface area contributed by atoms with Gasteiger partial charge in [0.15, 0.2) is 0 Å². The number of benzene rings is 1. The maximum absolute atomic E-state index is 12.8. The molecule has 28 heavy (non-hydrogen) atoms. The van der Waals surface area contributed by atoms with Crippen LogP contribution in [0, 0.1) is 12.8 Å². The van der Waals surface area contributed by atoms with Crippen LogP contribution in [0.2, 0.25) is 5.02 Å². The molecule has 2 aromatic rings. The minimum absolute atomic E-state index is 0.0704. The first-order valence-electron chi connectivity index (χ1n) is 9.09. The number of amides is 1. The van der Waals surface area contributed by atoms with Crippen molar-refractivity contribution in [2.24, 2.45) is 5.92 Å². The van der Waals surface area contributed by atoms with Crippen molar-refractivity contribution in [3.8, 4) is 0 Å². The van der Waals surface area contributed by atoms with Crippen molar-refractivity contribution in [3.63, 3.8) is 0 Å². The zero-order chi connectivity index (χ0) is 20.1. The van der Waals surface area contributed by atoms with E-state index in [0.717, 1.165) is 15.5 Å². The Morgan fingerprint density at radius 3 is 2.71 bits per heavy atom. The largest absolute Gasteiger partial charge is 0.355 e. The minimum Gasteiger partial charge on any atom is -0.355 e. The highest BCUT2D eigenvalue weighted by Crippen LogP contribution is 2.28. The highest BCUT2D eigenvalue weighted by Gasteiger charge is 2.33. The molecule has 0 unspecified atom stereocenters. The van der Waals surface area contributed by atoms with Gasteiger partial charge in [0.05, 0.1) is 5.92 Å². The highest BCUT2D eigenvalue weighted by molar-refractivity contribution is 7.99. The van der Waals surface area contributed by atoms with E-state index >= 15 is 0 Å². The van der Waals surface area contributed by atoms with Crippen molar-refractivity contribution < 1.29 is 13.2 Å². The fourth-order valence-electron chi connectivity index (χ4n) is 3.07. The van der Waals surface area contributed by atoms with Crippen LogP contribution in [0.25, 0.3) is 0 Å². The summed E-state index contributed by atoms with van der Waals surface area (Å²) in [5, 5.41) is 3.65. The van der Waals surface area contributed by atoms with Gasteiger partial charge in [-0.15, -0.1) is 23.1 Å². The number of rotatable bonds is 7. The van der Waals surface area contributed by atoms with Gasteiger partial charge in [0.2, 0.25) is 5.91 Å². The van der Waals surface area contributed by atoms with Crippen LogP contribution in [0.1, 0.15) is 17.7 Å². The Morgan fingerprint density at radius 2 is 2.04 bits per heavy atom. The van der Waals surface area contributed by atoms with Gasteiger partial charge in [-0.2, -0.15) is 4.31 Å². The summed E-state index contributed by atoms with van der Waals surface area (Å²) in [5.74, 6) is 0.375. The van der Waals surface area contributed by atoms with E-state index in [1.165, 1.54) is 15.6 Å². The van der Waals surface area contributed by atoms with Gasteiger partial charge in [0, 0.05) is 40.2 Å². The lowest BCUT2D eigenvalue weighted by Gasteiger charge is -2.30. The van der Waals surface area contributed by atoms with Crippen LogP contribution in [-0.2, 0) is 14.8 Å². The number of carbonyl (C=O) groups is 1. The molecule has 9 heteroatoms. The van der Waals surface area contributed by atoms with Gasteiger partial charge in [0.1, 0.15) is 4.21 Å². The van der Waals surface area contributed by atoms with Crippen LogP contribution in [0.15, 0.2) is 45.5 Å². The third-order valence-corrected chi connectivity index (χ3v) is 9.15. The molecule has 0 saturated carbocycles. The topological polar surface area (TPSA) is 66.5 Å². The average molecular weight is 459 g/mol. The predicted molar refractivity (Wildman–Crippen MR) is 116 cm³/mol. The number of halogens is 1. The van der Waals surface area contributed by atoms with E-state index in [9.17, 15) is 13.2 Å². The minimum atomic E-state index is -3.52. The molecule has 0 aliphatic carbocycles. The molecule has 1 amide bonds. The summed E-state index contributed by atoms with van der Waals surface area (Å²) in [5.41, 5.74) is 0. The van der Waals surface area contributed by atoms with Crippen molar-refractivity contribution in [1.29, 1.82) is 0 Å². The lowest BCUT2D eigenvalue weighted by molar-refractivity contribution is -0.125. The number of hydrogen-bond donors (Lipinski definition) is 1. The molecule has 1 aromatic heterocycles. The molecule has 1 atom stereocenters. The van der Waals surface area contributed by atoms with Crippen molar-refractivity contribution >= 4 is 50.6 Å². The summed E-state index contributed by atoms with van der Waals surface area (Å²) >= 11 is 8.79. The van der Waals surface area contributed by atoms with Gasteiger partial charge in [-0.1, -0.05) is 11.6 Å². The third-order valence-electron chi connectivity index (χ3n) is 4.55. The fourth-order valence-corrected chi connectivity index (χ4v) is 6.93. The molecule has 152 valence electrons. The van der Waals surface area contributed by atoms with Crippen LogP contribution >= 0.6 is 34.7 Å². The Balaban J connectivity index is 1.49. The van der Waals surface area contributed by atoms with Crippen LogP contribution in [0.3, 0.4) is 0 Å². The normalized spacial score (nSPS) is 18.1. The smallest absolute Gasteiger partial charge is 0.252 e. The highest BCUT2D eigenvalue weighted by atomic mass is 35.5. The molecule has 2 heterocycles. The van der Waals surface area contributed by atoms with Crippen LogP contribution in [-0.4, -0.2) is 44.0 Å². The second-order valence-electron chi connectivity index (χ2n) is 6.66. The van der Waals surface area contributed by atoms with Gasteiger partial charge in [0.25, 0.3) is 10.0 Å². The molecule has 0 bridgehead atoms. The number of nitrogens with zero attached hydrogens (tertiary/aromatic N) is 1. The quantitative estimate of drug-likeness (QED) is 0.502. The van der Waals surface area contributed by atoms with Crippen LogP contribution in [0.5, 0.6) is 0 Å². The number of hydrogen-bond acceptors (Lipinski definition) is 5. The SMILES string of the molecule is Cc1ccc(S(=O)(=O)N2CCC[C@@H](C(=O)NCCSc3ccc(Cl)cc3)C2)s1. The molecule has 5 nitrogen and oxygen atoms in total. The van der Waals surface area contributed by atoms with E-state index in [1.54, 1.807) is 17.8 Å². The Kier molecular flexibility index (Phi) is 7.44. The lowest BCUT2D eigenvalue weighted by Crippen LogP contribution is -2.45. The first-order valence-corrected chi connectivity index (χ1v) is 12.7. The van der Waals surface area contributed by atoms with E-state index in [-0.39, 0.29) is 18.4 Å². The first kappa shape index (κ1) is 21.6. The number of piperidine rings is 1. The molecule has 1 N–H and O–H groups in total. The van der Waals surface area contributed by atoms with Gasteiger partial charge in [-0.3, -0.25) is 4.79 Å². The molecule has 0 spiro atoms. The predicted octanol–water partition coefficient (Wildman–Crippen LogP) is 4.02. The molecule has 3 rings (SSSR count). The molecular formula is C19H23ClN2O3S3. The molecule has 0 radical (unpaired) electrons. The summed E-state index contributed by atoms with van der Waals surface area (Å²) < 4.78 is 27.4. The lowest BCUT2D eigenvalue weighted by atomic mass is 9.99. The standard InChI is InChI=1S/C19H23ClN2O3S3/c1-14-4-9-18(27-14)28(24,25)22-11-2-3-15(13-22)19(23)21-10-12-26-17-7-5-16(20)6-8-17/h4-9,15H,2-3,10-13H2,1H3,(H,21,23)/t15-/m1/s1. The van der Waals surface area contributed by atoms with Gasteiger partial charge >= 0.3 is 0 Å². The summed E-state index contributed by atoms with van der Waals surface area (Å²) in [6, 6.07) is 11.0. The van der Waals surface area contributed by atoms with E-state index in [1.807, 2.05) is 37.3 Å². The molecule has 1 aliphatic rings. The number of aryl methyl sites for hydroxylation is 1. The molecule has 1 fully saturated rings. The summed E-state index contributed by atoms with van der Waals surface area (Å²) in [6.07, 6.45) is 1.41. The van der Waals surface area contributed by atoms with Gasteiger partial charge in [-0.25, -0.2) is 8.42 Å². The first-order chi connectivity index (χ1) is 13.4. The Hall–Kier alpha value is -1.06. The van der Waals surface area contributed by atoms with Crippen molar-refractivity contribution in [2.75, 3.05) is 25.4 Å². The van der Waals surface area contributed by atoms with E-state index in [4.69, 9.17) is 11.6 Å². The van der Waals surface area contributed by atoms with E-state index < -0.39 is 10.0 Å². The van der Waals surface area contributed by atoms with Crippen LogP contribution < -0.4 is 5.32 Å². The molecule has 1 saturated heterocycles. The Bertz CT molecular complexity index is 913. The second-order valence-corrected chi connectivity index (χ2v) is 11.7. The number of nitrogens with one attached hydrogen (secondary N) is 1. The summed E-state index contributed by atoms with van der Waals surface area (Å²) in [7, 11) is -3.52. The average Bonchev–Trinajstić information content (AvgIpc) is 3.14.